The molecule has 1 fully saturated rings. The maximum atomic E-state index is 11.3. The van der Waals surface area contributed by atoms with Crippen LogP contribution >= 0.6 is 11.6 Å². The Balaban J connectivity index is 1.90. The van der Waals surface area contributed by atoms with Crippen LogP contribution in [0.15, 0.2) is 18.6 Å². The topological polar surface area (TPSA) is 87.9 Å². The Hall–Kier alpha value is -1.29. The predicted molar refractivity (Wildman–Crippen MR) is 132 cm³/mol. The van der Waals surface area contributed by atoms with Crippen molar-refractivity contribution in [2.75, 3.05) is 26.4 Å². The van der Waals surface area contributed by atoms with E-state index in [9.17, 15) is 5.11 Å². The number of aliphatic hydroxyl groups is 1. The van der Waals surface area contributed by atoms with Gasteiger partial charge in [0.15, 0.2) is 6.23 Å². The SMILES string of the molecule is CCCCOC[C@H]1O[C@@H](n2ccc3c(Cl)ncnc32)[C@H](O)C[C@@H](OCCCC)[C@@H]1OCCCC. The van der Waals surface area contributed by atoms with Crippen LogP contribution < -0.4 is 0 Å². The van der Waals surface area contributed by atoms with E-state index >= 15 is 0 Å². The quantitative estimate of drug-likeness (QED) is 0.292. The second kappa shape index (κ2) is 14.3. The van der Waals surface area contributed by atoms with Gasteiger partial charge in [0.05, 0.1) is 18.1 Å². The summed E-state index contributed by atoms with van der Waals surface area (Å²) in [7, 11) is 0. The highest BCUT2D eigenvalue weighted by Crippen LogP contribution is 2.33. The first-order chi connectivity index (χ1) is 16.6. The molecule has 2 aromatic rings. The fourth-order valence-corrected chi connectivity index (χ4v) is 4.36. The van der Waals surface area contributed by atoms with Gasteiger partial charge >= 0.3 is 0 Å². The van der Waals surface area contributed by atoms with E-state index in [1.165, 1.54) is 6.33 Å². The molecular weight excluding hydrogens is 458 g/mol. The number of aliphatic hydroxyl groups excluding tert-OH is 1. The average Bonchev–Trinajstić information content (AvgIpc) is 3.21. The van der Waals surface area contributed by atoms with Gasteiger partial charge in [0.25, 0.3) is 0 Å². The van der Waals surface area contributed by atoms with Crippen molar-refractivity contribution in [2.45, 2.75) is 96.4 Å². The van der Waals surface area contributed by atoms with E-state index in [1.54, 1.807) is 0 Å². The monoisotopic (exact) mass is 497 g/mol. The number of fused-ring (bicyclic) bond motifs is 1. The van der Waals surface area contributed by atoms with Crippen molar-refractivity contribution >= 4 is 22.6 Å². The lowest BCUT2D eigenvalue weighted by molar-refractivity contribution is -0.172. The van der Waals surface area contributed by atoms with Gasteiger partial charge in [-0.2, -0.15) is 0 Å². The normalized spacial score (nSPS) is 25.6. The van der Waals surface area contributed by atoms with E-state index in [4.69, 9.17) is 30.5 Å². The minimum Gasteiger partial charge on any atom is -0.388 e. The Morgan fingerprint density at radius 3 is 2.50 bits per heavy atom. The molecule has 5 atom stereocenters. The fraction of sp³-hybridized carbons (Fsp3) is 0.760. The molecule has 0 saturated carbocycles. The molecule has 0 aromatic carbocycles. The van der Waals surface area contributed by atoms with Crippen molar-refractivity contribution < 1.29 is 24.1 Å². The molecule has 0 unspecified atom stereocenters. The molecular formula is C25H40ClN3O5. The molecule has 2 aromatic heterocycles. The number of hydrogen-bond acceptors (Lipinski definition) is 7. The summed E-state index contributed by atoms with van der Waals surface area (Å²) in [6.45, 7) is 8.65. The minimum absolute atomic E-state index is 0.303. The Morgan fingerprint density at radius 1 is 1.06 bits per heavy atom. The largest absolute Gasteiger partial charge is 0.388 e. The van der Waals surface area contributed by atoms with Crippen molar-refractivity contribution in [1.82, 2.24) is 14.5 Å². The smallest absolute Gasteiger partial charge is 0.161 e. The van der Waals surface area contributed by atoms with Gasteiger partial charge in [-0.25, -0.2) is 9.97 Å². The Bertz CT molecular complexity index is 851. The lowest BCUT2D eigenvalue weighted by atomic mass is 10.0. The number of halogens is 1. The van der Waals surface area contributed by atoms with Gasteiger partial charge < -0.3 is 28.6 Å². The van der Waals surface area contributed by atoms with Crippen LogP contribution in [0.4, 0.5) is 0 Å². The first-order valence-electron chi connectivity index (χ1n) is 12.7. The van der Waals surface area contributed by atoms with Gasteiger partial charge in [-0.3, -0.25) is 0 Å². The summed E-state index contributed by atoms with van der Waals surface area (Å²) in [6, 6.07) is 1.84. The molecule has 0 amide bonds. The molecule has 1 saturated heterocycles. The van der Waals surface area contributed by atoms with Crippen molar-refractivity contribution in [3.8, 4) is 0 Å². The summed E-state index contributed by atoms with van der Waals surface area (Å²) in [5, 5.41) is 12.4. The number of rotatable bonds is 14. The average molecular weight is 498 g/mol. The second-order valence-corrected chi connectivity index (χ2v) is 9.23. The predicted octanol–water partition coefficient (Wildman–Crippen LogP) is 4.92. The summed E-state index contributed by atoms with van der Waals surface area (Å²) in [4.78, 5) is 8.46. The number of hydrogen-bond donors (Lipinski definition) is 1. The van der Waals surface area contributed by atoms with E-state index in [1.807, 2.05) is 16.8 Å². The van der Waals surface area contributed by atoms with E-state index in [2.05, 4.69) is 30.7 Å². The van der Waals surface area contributed by atoms with Crippen LogP contribution in [0.3, 0.4) is 0 Å². The second-order valence-electron chi connectivity index (χ2n) is 8.87. The molecule has 8 nitrogen and oxygen atoms in total. The maximum absolute atomic E-state index is 11.3. The van der Waals surface area contributed by atoms with E-state index in [-0.39, 0.29) is 12.2 Å². The Labute approximate surface area is 207 Å². The molecule has 3 heterocycles. The number of ether oxygens (including phenoxy) is 4. The maximum Gasteiger partial charge on any atom is 0.161 e. The summed E-state index contributed by atoms with van der Waals surface area (Å²) in [5.41, 5.74) is 0.614. The molecule has 34 heavy (non-hydrogen) atoms. The Kier molecular flexibility index (Phi) is 11.5. The molecule has 1 aliphatic heterocycles. The third-order valence-electron chi connectivity index (χ3n) is 6.15. The van der Waals surface area contributed by atoms with E-state index in [0.717, 1.165) is 38.5 Å². The zero-order valence-corrected chi connectivity index (χ0v) is 21.5. The molecule has 3 rings (SSSR count). The molecule has 0 bridgehead atoms. The Morgan fingerprint density at radius 2 is 1.76 bits per heavy atom. The van der Waals surface area contributed by atoms with Crippen molar-refractivity contribution in [2.24, 2.45) is 0 Å². The standard InChI is InChI=1S/C25H40ClN3O5/c1-4-7-12-31-16-21-22(33-14-9-6-3)20(32-13-8-5-2)15-19(30)25(34-21)29-11-10-18-23(26)27-17-28-24(18)29/h10-11,17,19-22,25,30H,4-9,12-16H2,1-3H3/t19-,20-,21-,22+,25-/m1/s1. The van der Waals surface area contributed by atoms with Crippen LogP contribution in [-0.4, -0.2) is 70.5 Å². The minimum atomic E-state index is -0.825. The third kappa shape index (κ3) is 7.12. The van der Waals surface area contributed by atoms with Gasteiger partial charge in [-0.05, 0) is 25.3 Å². The van der Waals surface area contributed by atoms with Crippen LogP contribution in [0.25, 0.3) is 11.0 Å². The fourth-order valence-electron chi connectivity index (χ4n) is 4.17. The van der Waals surface area contributed by atoms with Crippen LogP contribution in [0.5, 0.6) is 0 Å². The van der Waals surface area contributed by atoms with Crippen LogP contribution in [0.2, 0.25) is 5.15 Å². The molecule has 0 radical (unpaired) electrons. The molecule has 1 aliphatic rings. The van der Waals surface area contributed by atoms with E-state index in [0.29, 0.717) is 49.0 Å². The van der Waals surface area contributed by atoms with Crippen molar-refractivity contribution in [3.63, 3.8) is 0 Å². The van der Waals surface area contributed by atoms with Crippen LogP contribution in [-0.2, 0) is 18.9 Å². The summed E-state index contributed by atoms with van der Waals surface area (Å²) in [5.74, 6) is 0. The van der Waals surface area contributed by atoms with Gasteiger partial charge in [0.2, 0.25) is 0 Å². The van der Waals surface area contributed by atoms with Gasteiger partial charge in [0.1, 0.15) is 35.4 Å². The highest BCUT2D eigenvalue weighted by Gasteiger charge is 2.42. The molecule has 192 valence electrons. The lowest BCUT2D eigenvalue weighted by Gasteiger charge is -2.31. The van der Waals surface area contributed by atoms with E-state index < -0.39 is 18.4 Å². The molecule has 0 aliphatic carbocycles. The first-order valence-corrected chi connectivity index (χ1v) is 13.1. The molecule has 0 spiro atoms. The summed E-state index contributed by atoms with van der Waals surface area (Å²) in [6.07, 6.45) is 7.09. The van der Waals surface area contributed by atoms with Crippen LogP contribution in [0.1, 0.15) is 71.9 Å². The molecule has 1 N–H and O–H groups in total. The zero-order chi connectivity index (χ0) is 24.3. The molecule has 9 heteroatoms. The zero-order valence-electron chi connectivity index (χ0n) is 20.7. The highest BCUT2D eigenvalue weighted by molar-refractivity contribution is 6.33. The van der Waals surface area contributed by atoms with Crippen molar-refractivity contribution in [3.05, 3.63) is 23.7 Å². The first kappa shape index (κ1) is 27.3. The van der Waals surface area contributed by atoms with Gasteiger partial charge in [-0.15, -0.1) is 0 Å². The summed E-state index contributed by atoms with van der Waals surface area (Å²) >= 11 is 6.27. The third-order valence-corrected chi connectivity index (χ3v) is 6.45. The van der Waals surface area contributed by atoms with Gasteiger partial charge in [0, 0.05) is 32.4 Å². The highest BCUT2D eigenvalue weighted by atomic mass is 35.5. The van der Waals surface area contributed by atoms with Gasteiger partial charge in [-0.1, -0.05) is 51.6 Å². The van der Waals surface area contributed by atoms with Crippen molar-refractivity contribution in [1.29, 1.82) is 0 Å². The lowest BCUT2D eigenvalue weighted by Crippen LogP contribution is -2.44. The number of unbranched alkanes of at least 4 members (excludes halogenated alkanes) is 3. The van der Waals surface area contributed by atoms with Crippen LogP contribution in [0, 0.1) is 0 Å². The number of aromatic nitrogens is 3. The summed E-state index contributed by atoms with van der Waals surface area (Å²) < 4.78 is 27.0. The number of nitrogens with zero attached hydrogens (tertiary/aromatic N) is 3.